The molecule has 0 spiro atoms. The van der Waals surface area contributed by atoms with Crippen molar-refractivity contribution in [3.05, 3.63) is 88.6 Å². The Labute approximate surface area is 192 Å². The number of nitrogens with zero attached hydrogens (tertiary/aromatic N) is 4. The number of hydrogen-bond donors (Lipinski definition) is 2. The number of carbonyl (C=O) groups is 1. The van der Waals surface area contributed by atoms with Gasteiger partial charge in [-0.3, -0.25) is 14.6 Å². The van der Waals surface area contributed by atoms with Gasteiger partial charge in [0.15, 0.2) is 11.5 Å². The molecule has 1 fully saturated rings. The Morgan fingerprint density at radius 3 is 2.50 bits per heavy atom. The number of hydrogen-bond acceptors (Lipinski definition) is 5. The highest BCUT2D eigenvalue weighted by atomic mass is 19.3. The average molecular weight is 468 g/mol. The predicted octanol–water partition coefficient (Wildman–Crippen LogP) is 3.94. The topological polar surface area (TPSA) is 94.3 Å². The zero-order chi connectivity index (χ0) is 24.2. The number of rotatable bonds is 7. The largest absolute Gasteiger partial charge is 0.354 e. The minimum absolute atomic E-state index is 0.00527. The highest BCUT2D eigenvalue weighted by molar-refractivity contribution is 5.94. The molecule has 1 aliphatic heterocycles. The number of amides is 2. The van der Waals surface area contributed by atoms with Crippen LogP contribution in [0.2, 0.25) is 0 Å². The van der Waals surface area contributed by atoms with Crippen molar-refractivity contribution < 1.29 is 18.0 Å². The second-order valence-corrected chi connectivity index (χ2v) is 7.25. The molecular weight excluding hydrogens is 449 g/mol. The Morgan fingerprint density at radius 2 is 1.85 bits per heavy atom. The van der Waals surface area contributed by atoms with Crippen molar-refractivity contribution in [3.63, 3.8) is 0 Å². The molecule has 1 aliphatic rings. The first kappa shape index (κ1) is 22.8. The fourth-order valence-corrected chi connectivity index (χ4v) is 3.49. The molecule has 2 N–H and O–H groups in total. The number of halogens is 3. The third kappa shape index (κ3) is 4.53. The Morgan fingerprint density at radius 1 is 1.09 bits per heavy atom. The minimum Gasteiger partial charge on any atom is -0.354 e. The van der Waals surface area contributed by atoms with Crippen LogP contribution in [0.3, 0.4) is 0 Å². The number of carbonyl (C=O) groups excluding carboxylic acids is 1. The smallest absolute Gasteiger partial charge is 0.328 e. The van der Waals surface area contributed by atoms with Crippen LogP contribution in [-0.2, 0) is 0 Å². The summed E-state index contributed by atoms with van der Waals surface area (Å²) in [6.07, 6.45) is 3.64. The lowest BCUT2D eigenvalue weighted by atomic mass is 10.2. The van der Waals surface area contributed by atoms with E-state index in [1.165, 1.54) is 30.5 Å². The SMILES string of the molecule is N=C/C=C(\Nc1ccccc1)c1nn(-c2ccc(N3CCN(C(F)F)C3=O)cc2F)ccc1=O. The number of benzene rings is 2. The lowest BCUT2D eigenvalue weighted by Crippen LogP contribution is -2.35. The lowest BCUT2D eigenvalue weighted by molar-refractivity contribution is 0.0151. The van der Waals surface area contributed by atoms with Crippen molar-refractivity contribution in [3.8, 4) is 5.69 Å². The van der Waals surface area contributed by atoms with Gasteiger partial charge in [0, 0.05) is 42.9 Å². The second kappa shape index (κ2) is 9.61. The molecule has 34 heavy (non-hydrogen) atoms. The van der Waals surface area contributed by atoms with Gasteiger partial charge in [0.25, 0.3) is 0 Å². The highest BCUT2D eigenvalue weighted by Gasteiger charge is 2.35. The van der Waals surface area contributed by atoms with Gasteiger partial charge in [-0.1, -0.05) is 18.2 Å². The summed E-state index contributed by atoms with van der Waals surface area (Å²) in [5.74, 6) is -0.767. The molecule has 174 valence electrons. The summed E-state index contributed by atoms with van der Waals surface area (Å²) in [6, 6.07) is 13.1. The zero-order valence-electron chi connectivity index (χ0n) is 17.7. The van der Waals surface area contributed by atoms with E-state index >= 15 is 0 Å². The molecule has 0 unspecified atom stereocenters. The average Bonchev–Trinajstić information content (AvgIpc) is 3.21. The van der Waals surface area contributed by atoms with Crippen LogP contribution in [0, 0.1) is 11.2 Å². The van der Waals surface area contributed by atoms with E-state index in [4.69, 9.17) is 5.41 Å². The molecule has 0 bridgehead atoms. The number of urea groups is 1. The van der Waals surface area contributed by atoms with Crippen LogP contribution in [0.4, 0.5) is 29.3 Å². The summed E-state index contributed by atoms with van der Waals surface area (Å²) < 4.78 is 42.0. The Kier molecular flexibility index (Phi) is 6.44. The predicted molar refractivity (Wildman–Crippen MR) is 122 cm³/mol. The molecule has 8 nitrogen and oxygen atoms in total. The monoisotopic (exact) mass is 468 g/mol. The molecule has 0 aliphatic carbocycles. The first-order valence-corrected chi connectivity index (χ1v) is 10.2. The van der Waals surface area contributed by atoms with Crippen LogP contribution in [-0.4, -0.2) is 46.6 Å². The maximum Gasteiger partial charge on any atom is 0.328 e. The summed E-state index contributed by atoms with van der Waals surface area (Å²) in [5, 5.41) is 14.7. The molecule has 2 heterocycles. The van der Waals surface area contributed by atoms with E-state index in [9.17, 15) is 22.8 Å². The van der Waals surface area contributed by atoms with Crippen molar-refractivity contribution in [2.24, 2.45) is 0 Å². The van der Waals surface area contributed by atoms with E-state index in [0.29, 0.717) is 10.6 Å². The fraction of sp³-hybridized carbons (Fsp3) is 0.130. The number of aromatic nitrogens is 2. The van der Waals surface area contributed by atoms with Gasteiger partial charge in [0.1, 0.15) is 5.69 Å². The van der Waals surface area contributed by atoms with E-state index in [1.807, 2.05) is 6.07 Å². The first-order valence-electron chi connectivity index (χ1n) is 10.2. The Balaban J connectivity index is 1.66. The maximum atomic E-state index is 15.0. The molecular formula is C23H19F3N6O2. The van der Waals surface area contributed by atoms with Crippen molar-refractivity contribution in [2.45, 2.75) is 6.55 Å². The number of para-hydroxylation sites is 1. The molecule has 0 atom stereocenters. The summed E-state index contributed by atoms with van der Waals surface area (Å²) >= 11 is 0. The van der Waals surface area contributed by atoms with E-state index in [0.717, 1.165) is 21.9 Å². The molecule has 1 aromatic heterocycles. The van der Waals surface area contributed by atoms with Crippen LogP contribution in [0.25, 0.3) is 11.4 Å². The van der Waals surface area contributed by atoms with E-state index < -0.39 is 23.8 Å². The lowest BCUT2D eigenvalue weighted by Gasteiger charge is -2.19. The molecule has 3 aromatic rings. The Bertz CT molecular complexity index is 1310. The first-order chi connectivity index (χ1) is 16.4. The fourth-order valence-electron chi connectivity index (χ4n) is 3.49. The molecule has 2 aromatic carbocycles. The number of alkyl halides is 2. The third-order valence-corrected chi connectivity index (χ3v) is 5.13. The van der Waals surface area contributed by atoms with Gasteiger partial charge in [-0.25, -0.2) is 13.9 Å². The van der Waals surface area contributed by atoms with Crippen molar-refractivity contribution >= 4 is 29.3 Å². The number of anilines is 2. The number of allylic oxidation sites excluding steroid dienone is 1. The molecule has 1 saturated heterocycles. The Hall–Kier alpha value is -4.41. The van der Waals surface area contributed by atoms with E-state index in [-0.39, 0.29) is 35.9 Å². The van der Waals surface area contributed by atoms with Crippen LogP contribution in [0.5, 0.6) is 0 Å². The standard InChI is InChI=1S/C23H19F3N6O2/c24-17-14-16(30-12-13-31(22(25)26)23(30)34)6-7-19(17)32-11-9-20(33)21(29-32)18(8-10-27)28-15-4-2-1-3-5-15/h1-11,14,22,27-28H,12-13H2/b18-8-,27-10?. The summed E-state index contributed by atoms with van der Waals surface area (Å²) in [6.45, 7) is -3.09. The molecule has 4 rings (SSSR count). The molecule has 2 amide bonds. The zero-order valence-corrected chi connectivity index (χ0v) is 17.7. The summed E-state index contributed by atoms with van der Waals surface area (Å²) in [4.78, 5) is 26.1. The van der Waals surface area contributed by atoms with Gasteiger partial charge < -0.3 is 10.7 Å². The van der Waals surface area contributed by atoms with Crippen molar-refractivity contribution in [1.82, 2.24) is 14.7 Å². The van der Waals surface area contributed by atoms with Crippen LogP contribution < -0.4 is 15.6 Å². The quantitative estimate of drug-likeness (QED) is 0.406. The van der Waals surface area contributed by atoms with Gasteiger partial charge in [0.05, 0.1) is 5.70 Å². The molecule has 0 saturated carbocycles. The second-order valence-electron chi connectivity index (χ2n) is 7.25. The summed E-state index contributed by atoms with van der Waals surface area (Å²) in [7, 11) is 0. The van der Waals surface area contributed by atoms with Crippen molar-refractivity contribution in [1.29, 1.82) is 5.41 Å². The van der Waals surface area contributed by atoms with Gasteiger partial charge in [0.2, 0.25) is 5.43 Å². The maximum absolute atomic E-state index is 15.0. The minimum atomic E-state index is -2.93. The third-order valence-electron chi connectivity index (χ3n) is 5.13. The van der Waals surface area contributed by atoms with Gasteiger partial charge in [-0.05, 0) is 36.4 Å². The van der Waals surface area contributed by atoms with Gasteiger partial charge in [-0.15, -0.1) is 0 Å². The highest BCUT2D eigenvalue weighted by Crippen LogP contribution is 2.26. The molecule has 0 radical (unpaired) electrons. The van der Waals surface area contributed by atoms with E-state index in [2.05, 4.69) is 10.4 Å². The van der Waals surface area contributed by atoms with Crippen LogP contribution in [0.1, 0.15) is 5.69 Å². The van der Waals surface area contributed by atoms with Gasteiger partial charge in [-0.2, -0.15) is 13.9 Å². The van der Waals surface area contributed by atoms with Crippen LogP contribution >= 0.6 is 0 Å². The summed E-state index contributed by atoms with van der Waals surface area (Å²) in [5.41, 5.74) is 0.533. The van der Waals surface area contributed by atoms with Crippen LogP contribution in [0.15, 0.2) is 71.7 Å². The normalized spacial score (nSPS) is 14.1. The number of nitrogens with one attached hydrogen (secondary N) is 2. The van der Waals surface area contributed by atoms with Crippen molar-refractivity contribution in [2.75, 3.05) is 23.3 Å². The van der Waals surface area contributed by atoms with E-state index in [1.54, 1.807) is 24.3 Å². The molecule has 11 heteroatoms. The van der Waals surface area contributed by atoms with Gasteiger partial charge >= 0.3 is 12.6 Å².